The summed E-state index contributed by atoms with van der Waals surface area (Å²) in [7, 11) is 0. The van der Waals surface area contributed by atoms with E-state index in [0.29, 0.717) is 11.8 Å². The van der Waals surface area contributed by atoms with E-state index in [1.54, 1.807) is 0 Å². The number of fused-ring (bicyclic) bond motifs is 11. The van der Waals surface area contributed by atoms with Crippen LogP contribution in [-0.4, -0.2) is 9.97 Å². The largest absolute Gasteiger partial charge is 0.457 e. The van der Waals surface area contributed by atoms with Crippen LogP contribution >= 0.6 is 0 Å². The molecule has 0 saturated heterocycles. The van der Waals surface area contributed by atoms with Crippen LogP contribution in [0.15, 0.2) is 142 Å². The summed E-state index contributed by atoms with van der Waals surface area (Å²) in [5.41, 5.74) is 11.2. The number of ether oxygens (including phenoxy) is 1. The highest BCUT2D eigenvalue weighted by Crippen LogP contribution is 2.62. The first kappa shape index (κ1) is 23.6. The van der Waals surface area contributed by atoms with Crippen LogP contribution in [-0.2, 0) is 5.41 Å². The fourth-order valence-electron chi connectivity index (χ4n) is 7.16. The topological polar surface area (TPSA) is 61.3 Å². The maximum atomic E-state index is 6.69. The maximum Gasteiger partial charge on any atom is 0.227 e. The van der Waals surface area contributed by atoms with E-state index in [9.17, 15) is 0 Å². The molecule has 0 radical (unpaired) electrons. The molecule has 2 aliphatic rings. The monoisotopic (exact) mass is 566 g/mol. The average molecular weight is 567 g/mol. The summed E-state index contributed by atoms with van der Waals surface area (Å²) in [6.07, 6.45) is 0. The summed E-state index contributed by atoms with van der Waals surface area (Å²) >= 11 is 0. The molecule has 10 rings (SSSR count). The van der Waals surface area contributed by atoms with Gasteiger partial charge in [-0.3, -0.25) is 0 Å². The van der Waals surface area contributed by atoms with Crippen molar-refractivity contribution in [1.29, 1.82) is 0 Å². The van der Waals surface area contributed by atoms with Gasteiger partial charge < -0.3 is 13.6 Å². The minimum Gasteiger partial charge on any atom is -0.457 e. The Labute approximate surface area is 252 Å². The zero-order valence-electron chi connectivity index (χ0n) is 23.3. The molecule has 0 N–H and O–H groups in total. The molecule has 0 unspecified atom stereocenters. The second-order valence-electron chi connectivity index (χ2n) is 11.3. The van der Waals surface area contributed by atoms with Gasteiger partial charge in [-0.05, 0) is 82.9 Å². The van der Waals surface area contributed by atoms with Gasteiger partial charge in [0.05, 0.1) is 5.41 Å². The van der Waals surface area contributed by atoms with Crippen LogP contribution in [0.25, 0.3) is 56.2 Å². The normalized spacial score (nSPS) is 13.8. The lowest BCUT2D eigenvalue weighted by atomic mass is 9.65. The van der Waals surface area contributed by atoms with E-state index in [1.807, 2.05) is 72.8 Å². The Bertz CT molecular complexity index is 2210. The van der Waals surface area contributed by atoms with Gasteiger partial charge in [0.1, 0.15) is 22.5 Å². The van der Waals surface area contributed by atoms with Crippen molar-refractivity contribution in [2.24, 2.45) is 0 Å². The molecular weight excluding hydrogens is 544 g/mol. The predicted molar refractivity (Wildman–Crippen MR) is 170 cm³/mol. The highest BCUT2D eigenvalue weighted by atomic mass is 16.5. The molecule has 5 nitrogen and oxygen atoms in total. The Morgan fingerprint density at radius 1 is 0.432 bits per heavy atom. The average Bonchev–Trinajstić information content (AvgIpc) is 3.79. The highest BCUT2D eigenvalue weighted by molar-refractivity contribution is 5.90. The molecule has 1 aliphatic carbocycles. The Morgan fingerprint density at radius 2 is 0.886 bits per heavy atom. The van der Waals surface area contributed by atoms with E-state index in [4.69, 9.17) is 23.5 Å². The molecule has 1 spiro atoms. The Morgan fingerprint density at radius 3 is 1.39 bits per heavy atom. The molecule has 3 heterocycles. The van der Waals surface area contributed by atoms with Gasteiger partial charge in [0, 0.05) is 22.3 Å². The van der Waals surface area contributed by atoms with Gasteiger partial charge in [0.15, 0.2) is 11.2 Å². The molecular formula is C39H22N2O3. The lowest BCUT2D eigenvalue weighted by molar-refractivity contribution is 0.436. The summed E-state index contributed by atoms with van der Waals surface area (Å²) in [5, 5.41) is 0. The van der Waals surface area contributed by atoms with Crippen LogP contribution in [0.1, 0.15) is 22.3 Å². The third-order valence-electron chi connectivity index (χ3n) is 9.02. The molecule has 0 saturated carbocycles. The fourth-order valence-corrected chi connectivity index (χ4v) is 7.16. The van der Waals surface area contributed by atoms with Crippen LogP contribution < -0.4 is 4.74 Å². The van der Waals surface area contributed by atoms with Crippen molar-refractivity contribution in [3.8, 4) is 45.5 Å². The Kier molecular flexibility index (Phi) is 4.59. The molecule has 5 heteroatoms. The number of nitrogens with zero attached hydrogens (tertiary/aromatic N) is 2. The Balaban J connectivity index is 1.28. The van der Waals surface area contributed by atoms with Crippen molar-refractivity contribution < 1.29 is 13.6 Å². The summed E-state index contributed by atoms with van der Waals surface area (Å²) in [4.78, 5) is 9.65. The molecule has 6 aromatic carbocycles. The number of aromatic nitrogens is 2. The molecule has 1 aliphatic heterocycles. The molecule has 2 aromatic heterocycles. The van der Waals surface area contributed by atoms with Crippen LogP contribution in [0, 0.1) is 0 Å². The first-order valence-electron chi connectivity index (χ1n) is 14.7. The lowest BCUT2D eigenvalue weighted by Crippen LogP contribution is -2.32. The lowest BCUT2D eigenvalue weighted by Gasteiger charge is -2.39. The zero-order valence-corrected chi connectivity index (χ0v) is 23.3. The fraction of sp³-hybridized carbons (Fsp3) is 0.0256. The quantitative estimate of drug-likeness (QED) is 0.208. The minimum absolute atomic E-state index is 0.578. The van der Waals surface area contributed by atoms with Gasteiger partial charge in [-0.2, -0.15) is 0 Å². The summed E-state index contributed by atoms with van der Waals surface area (Å²) in [5.74, 6) is 2.77. The molecule has 0 amide bonds. The van der Waals surface area contributed by atoms with Gasteiger partial charge in [-0.25, -0.2) is 9.97 Å². The van der Waals surface area contributed by atoms with Crippen molar-refractivity contribution in [1.82, 2.24) is 9.97 Å². The van der Waals surface area contributed by atoms with Gasteiger partial charge in [0.25, 0.3) is 0 Å². The van der Waals surface area contributed by atoms with Crippen LogP contribution in [0.2, 0.25) is 0 Å². The molecule has 0 fully saturated rings. The number of hydrogen-bond acceptors (Lipinski definition) is 5. The van der Waals surface area contributed by atoms with E-state index in [-0.39, 0.29) is 0 Å². The van der Waals surface area contributed by atoms with Gasteiger partial charge >= 0.3 is 0 Å². The number of oxazole rings is 2. The number of benzene rings is 6. The number of rotatable bonds is 2. The van der Waals surface area contributed by atoms with Crippen molar-refractivity contribution in [3.05, 3.63) is 156 Å². The van der Waals surface area contributed by atoms with Crippen LogP contribution in [0.3, 0.4) is 0 Å². The second kappa shape index (κ2) is 8.55. The predicted octanol–water partition coefficient (Wildman–Crippen LogP) is 9.77. The van der Waals surface area contributed by atoms with Crippen molar-refractivity contribution in [3.63, 3.8) is 0 Å². The van der Waals surface area contributed by atoms with E-state index in [1.165, 1.54) is 22.3 Å². The minimum atomic E-state index is -0.653. The van der Waals surface area contributed by atoms with Gasteiger partial charge in [-0.1, -0.05) is 72.8 Å². The maximum absolute atomic E-state index is 6.69. The zero-order chi connectivity index (χ0) is 28.8. The molecule has 0 bridgehead atoms. The molecule has 8 aromatic rings. The van der Waals surface area contributed by atoms with E-state index < -0.39 is 5.41 Å². The van der Waals surface area contributed by atoms with Crippen molar-refractivity contribution in [2.75, 3.05) is 0 Å². The SMILES string of the molecule is c1ccc2c(c1)-c1ccccc1C21c2cc(-c3nc4ccccc4o3)ccc2Oc2ccc(-c3nc4ccccc4o3)cc21. The van der Waals surface area contributed by atoms with E-state index in [2.05, 4.69) is 60.7 Å². The summed E-state index contributed by atoms with van der Waals surface area (Å²) < 4.78 is 19.2. The van der Waals surface area contributed by atoms with Crippen molar-refractivity contribution >= 4 is 22.2 Å². The number of para-hydroxylation sites is 4. The summed E-state index contributed by atoms with van der Waals surface area (Å²) in [6.45, 7) is 0. The van der Waals surface area contributed by atoms with Crippen LogP contribution in [0.5, 0.6) is 11.5 Å². The van der Waals surface area contributed by atoms with Gasteiger partial charge in [0.2, 0.25) is 11.8 Å². The number of hydrogen-bond donors (Lipinski definition) is 0. The van der Waals surface area contributed by atoms with E-state index in [0.717, 1.165) is 56.0 Å². The van der Waals surface area contributed by atoms with Crippen molar-refractivity contribution in [2.45, 2.75) is 5.41 Å². The first-order chi connectivity index (χ1) is 21.8. The van der Waals surface area contributed by atoms with E-state index >= 15 is 0 Å². The first-order valence-corrected chi connectivity index (χ1v) is 14.7. The standard InChI is InChI=1S/C39H22N2O3/c1-3-11-27-25(9-1)26-10-2-4-12-28(26)39(27)29-21-23(37-40-31-13-5-7-15-35(31)43-37)17-19-33(29)42-34-20-18-24(22-30(34)39)38-41-32-14-6-8-16-36(32)44-38/h1-22H. The van der Waals surface area contributed by atoms with Gasteiger partial charge in [-0.15, -0.1) is 0 Å². The smallest absolute Gasteiger partial charge is 0.227 e. The third-order valence-corrected chi connectivity index (χ3v) is 9.02. The summed E-state index contributed by atoms with van der Waals surface area (Å²) in [6, 6.07) is 45.6. The molecule has 44 heavy (non-hydrogen) atoms. The highest BCUT2D eigenvalue weighted by Gasteiger charge is 2.51. The third kappa shape index (κ3) is 3.08. The molecule has 0 atom stereocenters. The second-order valence-corrected chi connectivity index (χ2v) is 11.3. The van der Waals surface area contributed by atoms with Crippen LogP contribution in [0.4, 0.5) is 0 Å². The Hall–Kier alpha value is -5.94. The molecule has 206 valence electrons.